The number of benzene rings is 1. The number of fused-ring (bicyclic) bond motifs is 3. The third-order valence-electron chi connectivity index (χ3n) is 11.6. The molecule has 3 heterocycles. The summed E-state index contributed by atoms with van der Waals surface area (Å²) < 4.78 is 39.4. The van der Waals surface area contributed by atoms with Crippen LogP contribution in [-0.2, 0) is 47.0 Å². The first-order valence-electron chi connectivity index (χ1n) is 18.7. The molecule has 3 N–H and O–H groups in total. The molecule has 7 rings (SSSR count). The van der Waals surface area contributed by atoms with Gasteiger partial charge in [-0.05, 0) is 81.4 Å². The van der Waals surface area contributed by atoms with Crippen LogP contribution in [0.4, 0.5) is 9.59 Å². The van der Waals surface area contributed by atoms with Crippen LogP contribution in [0.25, 0.3) is 6.08 Å². The first-order valence-corrected chi connectivity index (χ1v) is 20.3. The monoisotopic (exact) mass is 751 g/mol. The van der Waals surface area contributed by atoms with Gasteiger partial charge in [0.1, 0.15) is 29.3 Å². The molecule has 1 saturated heterocycles. The maximum atomic E-state index is 14.6. The number of carbonyl (C=O) groups excluding carboxylic acids is 5. The van der Waals surface area contributed by atoms with Crippen LogP contribution in [0.2, 0.25) is 0 Å². The van der Waals surface area contributed by atoms with Crippen LogP contribution in [0.15, 0.2) is 36.9 Å². The number of nitrogens with zero attached hydrogens (tertiary/aromatic N) is 2. The first kappa shape index (κ1) is 36.9. The van der Waals surface area contributed by atoms with Gasteiger partial charge in [-0.3, -0.25) is 24.0 Å². The van der Waals surface area contributed by atoms with Gasteiger partial charge in [-0.2, -0.15) is 0 Å². The number of allylic oxidation sites excluding steroid dienone is 1. The molecule has 3 aliphatic carbocycles. The van der Waals surface area contributed by atoms with Gasteiger partial charge in [-0.25, -0.2) is 18.0 Å². The van der Waals surface area contributed by atoms with Crippen LogP contribution < -0.4 is 15.4 Å². The molecule has 5 atom stereocenters. The Morgan fingerprint density at radius 1 is 1.08 bits per heavy atom. The molecule has 1 aromatic carbocycles. The molecule has 4 bridgehead atoms. The van der Waals surface area contributed by atoms with E-state index in [2.05, 4.69) is 21.9 Å². The smallest absolute Gasteiger partial charge is 0.410 e. The van der Waals surface area contributed by atoms with E-state index in [9.17, 15) is 32.4 Å². The lowest BCUT2D eigenvalue weighted by molar-refractivity contribution is -0.142. The first-order chi connectivity index (χ1) is 25.2. The molecule has 53 heavy (non-hydrogen) atoms. The largest absolute Gasteiger partial charge is 0.444 e. The second-order valence-electron chi connectivity index (χ2n) is 16.0. The van der Waals surface area contributed by atoms with E-state index in [0.717, 1.165) is 29.5 Å². The van der Waals surface area contributed by atoms with Crippen molar-refractivity contribution in [2.75, 3.05) is 6.54 Å². The van der Waals surface area contributed by atoms with Crippen molar-refractivity contribution in [2.45, 2.75) is 126 Å². The van der Waals surface area contributed by atoms with E-state index in [4.69, 9.17) is 9.47 Å². The summed E-state index contributed by atoms with van der Waals surface area (Å²) in [6, 6.07) is 3.69. The van der Waals surface area contributed by atoms with Gasteiger partial charge in [-0.15, -0.1) is 6.58 Å². The highest BCUT2D eigenvalue weighted by molar-refractivity contribution is 7.91. The molecule has 0 unspecified atom stereocenters. The van der Waals surface area contributed by atoms with Gasteiger partial charge in [0, 0.05) is 18.9 Å². The third-order valence-corrected chi connectivity index (χ3v) is 13.5. The Balaban J connectivity index is 1.18. The number of hydrogen-bond acceptors (Lipinski definition) is 9. The van der Waals surface area contributed by atoms with Gasteiger partial charge < -0.3 is 25.0 Å². The van der Waals surface area contributed by atoms with E-state index in [1.165, 1.54) is 11.0 Å². The maximum absolute atomic E-state index is 14.6. The lowest BCUT2D eigenvalue weighted by atomic mass is 9.96. The lowest BCUT2D eigenvalue weighted by Gasteiger charge is -2.33. The number of cyclic esters (lactones) is 1. The van der Waals surface area contributed by atoms with Gasteiger partial charge in [0.15, 0.2) is 0 Å². The maximum Gasteiger partial charge on any atom is 0.410 e. The Bertz CT molecular complexity index is 1840. The fourth-order valence-electron chi connectivity index (χ4n) is 8.29. The average Bonchev–Trinajstić information content (AvgIpc) is 3.88. The van der Waals surface area contributed by atoms with Crippen LogP contribution in [0.3, 0.4) is 0 Å². The van der Waals surface area contributed by atoms with Gasteiger partial charge >= 0.3 is 12.2 Å². The van der Waals surface area contributed by atoms with Gasteiger partial charge in [0.05, 0.1) is 18.3 Å². The van der Waals surface area contributed by atoms with Crippen LogP contribution in [0.1, 0.15) is 94.7 Å². The Kier molecular flexibility index (Phi) is 9.83. The topological polar surface area (TPSA) is 181 Å². The van der Waals surface area contributed by atoms with E-state index in [0.29, 0.717) is 51.6 Å². The highest BCUT2D eigenvalue weighted by Gasteiger charge is 2.62. The van der Waals surface area contributed by atoms with Crippen molar-refractivity contribution >= 4 is 46.0 Å². The van der Waals surface area contributed by atoms with Crippen LogP contribution in [0.5, 0.6) is 0 Å². The quantitative estimate of drug-likeness (QED) is 0.351. The molecule has 286 valence electrons. The number of ether oxygens (including phenoxy) is 2. The van der Waals surface area contributed by atoms with E-state index in [1.54, 1.807) is 4.90 Å². The van der Waals surface area contributed by atoms with E-state index in [1.807, 2.05) is 44.2 Å². The summed E-state index contributed by atoms with van der Waals surface area (Å²) in [5.41, 5.74) is 0.544. The highest BCUT2D eigenvalue weighted by Crippen LogP contribution is 2.45. The highest BCUT2D eigenvalue weighted by atomic mass is 32.2. The van der Waals surface area contributed by atoms with Crippen molar-refractivity contribution < 1.29 is 41.9 Å². The van der Waals surface area contributed by atoms with Crippen molar-refractivity contribution in [3.63, 3.8) is 0 Å². The minimum atomic E-state index is -3.91. The molecule has 3 saturated carbocycles. The molecule has 0 radical (unpaired) electrons. The molecule has 6 aliphatic rings. The summed E-state index contributed by atoms with van der Waals surface area (Å²) in [7, 11) is -3.91. The minimum Gasteiger partial charge on any atom is -0.444 e. The van der Waals surface area contributed by atoms with E-state index in [-0.39, 0.29) is 25.3 Å². The second-order valence-corrected chi connectivity index (χ2v) is 18.0. The van der Waals surface area contributed by atoms with Crippen molar-refractivity contribution in [2.24, 2.45) is 11.8 Å². The Morgan fingerprint density at radius 2 is 1.83 bits per heavy atom. The van der Waals surface area contributed by atoms with Gasteiger partial charge in [-0.1, -0.05) is 49.3 Å². The van der Waals surface area contributed by atoms with Crippen molar-refractivity contribution in [1.82, 2.24) is 25.2 Å². The standard InChI is InChI=1S/C38H49N5O9S/c1-4-26-19-38(26,34(46)41-53(49,50)28-15-16-28)40-32(44)30-18-27-21-43(30)33(45)31(24-11-5-6-12-24)39-35(47)52-37(2,3)17-8-7-10-23-13-9-14-25-20-42(22-29(23)25)36(48)51-27/h4,7,9-10,13-14,24,26-28,30-31H,1,5-6,8,11-12,15-22H2,2-3H3,(H,39,47)(H,40,44)(H,41,46)/b10-7+/t26-,27-,30+,31+,38-/m1/s1. The molecule has 5 amide bonds. The number of rotatable bonds is 7. The van der Waals surface area contributed by atoms with Gasteiger partial charge in [0.2, 0.25) is 21.8 Å². The SMILES string of the molecule is C=C[C@@H]1C[C@]1(NC(=O)[C@@H]1C[C@@H]2CN1C(=O)[C@H](C1CCCC1)NC(=O)OC(C)(C)CC/C=C/c1cccc3c1CN(C3)C(=O)O2)C(=O)NS(=O)(=O)C1CC1. The Morgan fingerprint density at radius 3 is 2.53 bits per heavy atom. The number of hydrogen-bond donors (Lipinski definition) is 3. The molecule has 14 nitrogen and oxygen atoms in total. The number of nitrogens with one attached hydrogen (secondary N) is 3. The molecular weight excluding hydrogens is 703 g/mol. The number of sulfonamides is 1. The van der Waals surface area contributed by atoms with Crippen LogP contribution >= 0.6 is 0 Å². The van der Waals surface area contributed by atoms with E-state index >= 15 is 0 Å². The summed E-state index contributed by atoms with van der Waals surface area (Å²) in [5.74, 6) is -2.81. The number of alkyl carbamates (subject to hydrolysis) is 1. The van der Waals surface area contributed by atoms with E-state index < -0.39 is 80.4 Å². The molecule has 0 spiro atoms. The van der Waals surface area contributed by atoms with Gasteiger partial charge in [0.25, 0.3) is 5.91 Å². The molecule has 4 fully saturated rings. The predicted octanol–water partition coefficient (Wildman–Crippen LogP) is 3.65. The van der Waals surface area contributed by atoms with Crippen molar-refractivity contribution in [3.8, 4) is 0 Å². The fraction of sp³-hybridized carbons (Fsp3) is 0.605. The summed E-state index contributed by atoms with van der Waals surface area (Å²) in [6.45, 7) is 7.95. The van der Waals surface area contributed by atoms with Crippen LogP contribution in [-0.4, -0.2) is 89.2 Å². The molecule has 1 aromatic rings. The molecular formula is C38H49N5O9S. The fourth-order valence-corrected chi connectivity index (χ4v) is 9.66. The second kappa shape index (κ2) is 14.1. The molecule has 15 heteroatoms. The summed E-state index contributed by atoms with van der Waals surface area (Å²) in [6.07, 6.45) is 8.54. The zero-order chi connectivity index (χ0) is 37.7. The van der Waals surface area contributed by atoms with Crippen molar-refractivity contribution in [3.05, 3.63) is 53.6 Å². The minimum absolute atomic E-state index is 0.0657. The summed E-state index contributed by atoms with van der Waals surface area (Å²) >= 11 is 0. The number of carbonyl (C=O) groups is 5. The Labute approximate surface area is 310 Å². The zero-order valence-electron chi connectivity index (χ0n) is 30.3. The van der Waals surface area contributed by atoms with Crippen molar-refractivity contribution in [1.29, 1.82) is 0 Å². The summed E-state index contributed by atoms with van der Waals surface area (Å²) in [5, 5.41) is 4.96. The predicted molar refractivity (Wildman–Crippen MR) is 193 cm³/mol. The molecule has 3 aliphatic heterocycles. The zero-order valence-corrected chi connectivity index (χ0v) is 31.1. The molecule has 0 aromatic heterocycles. The summed E-state index contributed by atoms with van der Waals surface area (Å²) in [4.78, 5) is 72.4. The lowest BCUT2D eigenvalue weighted by Crippen LogP contribution is -2.59. The average molecular weight is 752 g/mol. The normalized spacial score (nSPS) is 30.9. The Hall–Kier alpha value is -4.40. The van der Waals surface area contributed by atoms with Crippen LogP contribution in [0, 0.1) is 11.8 Å². The third kappa shape index (κ3) is 7.67. The number of amides is 5.